The van der Waals surface area contributed by atoms with Crippen LogP contribution in [0.1, 0.15) is 33.3 Å². The fourth-order valence-electron chi connectivity index (χ4n) is 2.29. The van der Waals surface area contributed by atoms with Crippen molar-refractivity contribution in [3.05, 3.63) is 28.2 Å². The van der Waals surface area contributed by atoms with Gasteiger partial charge in [0.05, 0.1) is 29.0 Å². The van der Waals surface area contributed by atoms with Crippen molar-refractivity contribution in [1.29, 1.82) is 0 Å². The Kier molecular flexibility index (Phi) is 5.02. The third kappa shape index (κ3) is 3.50. The summed E-state index contributed by atoms with van der Waals surface area (Å²) >= 11 is 6.28. The number of anilines is 1. The second-order valence-corrected chi connectivity index (χ2v) is 7.03. The van der Waals surface area contributed by atoms with Crippen molar-refractivity contribution < 1.29 is 14.0 Å². The van der Waals surface area contributed by atoms with Gasteiger partial charge in [0.2, 0.25) is 0 Å². The van der Waals surface area contributed by atoms with Crippen molar-refractivity contribution in [2.45, 2.75) is 38.9 Å². The summed E-state index contributed by atoms with van der Waals surface area (Å²) in [6.07, 6.45) is 1.87. The number of nitrogen functional groups attached to an aromatic ring is 1. The van der Waals surface area contributed by atoms with Gasteiger partial charge in [0.15, 0.2) is 0 Å². The van der Waals surface area contributed by atoms with E-state index in [1.165, 1.54) is 0 Å². The number of ether oxygens (including phenoxy) is 1. The Morgan fingerprint density at radius 2 is 1.83 bits per heavy atom. The van der Waals surface area contributed by atoms with E-state index < -0.39 is 18.3 Å². The molecule has 0 atom stereocenters. The Morgan fingerprint density at radius 1 is 1.26 bits per heavy atom. The number of nitrogens with two attached hydrogens (primary N) is 2. The summed E-state index contributed by atoms with van der Waals surface area (Å²) in [5.41, 5.74) is 13.0. The Balaban J connectivity index is 2.37. The summed E-state index contributed by atoms with van der Waals surface area (Å²) in [6, 6.07) is 3.43. The summed E-state index contributed by atoms with van der Waals surface area (Å²) < 4.78 is 17.3. The minimum Gasteiger partial charge on any atom is -0.495 e. The Bertz CT molecular complexity index is 616. The first-order chi connectivity index (χ1) is 10.6. The maximum Gasteiger partial charge on any atom is 0.491 e. The molecule has 23 heavy (non-hydrogen) atoms. The molecule has 0 bridgehead atoms. The Hall–Kier alpha value is -1.21. The number of halogens is 1. The highest BCUT2D eigenvalue weighted by Crippen LogP contribution is 2.39. The molecular weight excluding hydrogens is 314 g/mol. The molecule has 1 aliphatic rings. The molecule has 1 aromatic rings. The highest BCUT2D eigenvalue weighted by molar-refractivity contribution is 6.56. The van der Waals surface area contributed by atoms with Crippen LogP contribution in [0.4, 0.5) is 5.69 Å². The highest BCUT2D eigenvalue weighted by Gasteiger charge is 2.52. The van der Waals surface area contributed by atoms with Gasteiger partial charge in [-0.05, 0) is 50.9 Å². The van der Waals surface area contributed by atoms with Gasteiger partial charge in [-0.1, -0.05) is 17.7 Å². The first kappa shape index (κ1) is 18.1. The molecule has 0 amide bonds. The summed E-state index contributed by atoms with van der Waals surface area (Å²) in [7, 11) is 1.05. The molecular formula is C16H24BClN2O3. The van der Waals surface area contributed by atoms with E-state index in [9.17, 15) is 0 Å². The molecule has 126 valence electrons. The molecule has 0 aliphatic carbocycles. The van der Waals surface area contributed by atoms with Gasteiger partial charge in [-0.25, -0.2) is 0 Å². The number of benzene rings is 1. The van der Waals surface area contributed by atoms with Crippen LogP contribution in [0, 0.1) is 0 Å². The topological polar surface area (TPSA) is 79.7 Å². The normalized spacial score (nSPS) is 20.0. The number of hydrogen-bond acceptors (Lipinski definition) is 5. The SMILES string of the molecule is COc1cc(C=C(CN)B2OC(C)(C)C(C)(C)O2)c(Cl)cc1N. The third-order valence-electron chi connectivity index (χ3n) is 4.48. The molecule has 1 fully saturated rings. The minimum absolute atomic E-state index is 0.292. The van der Waals surface area contributed by atoms with Crippen LogP contribution >= 0.6 is 11.6 Å². The number of methoxy groups -OCH3 is 1. The van der Waals surface area contributed by atoms with Gasteiger partial charge in [0.1, 0.15) is 5.75 Å². The molecule has 2 rings (SSSR count). The molecule has 1 saturated heterocycles. The average Bonchev–Trinajstić information content (AvgIpc) is 2.66. The Morgan fingerprint density at radius 3 is 2.30 bits per heavy atom. The zero-order valence-electron chi connectivity index (χ0n) is 14.3. The van der Waals surface area contributed by atoms with Crippen LogP contribution in [-0.4, -0.2) is 32.0 Å². The molecule has 0 aromatic heterocycles. The fourth-order valence-corrected chi connectivity index (χ4v) is 2.52. The molecule has 0 unspecified atom stereocenters. The molecule has 0 saturated carbocycles. The molecule has 1 aliphatic heterocycles. The highest BCUT2D eigenvalue weighted by atomic mass is 35.5. The van der Waals surface area contributed by atoms with Crippen molar-refractivity contribution in [3.8, 4) is 5.75 Å². The molecule has 5 nitrogen and oxygen atoms in total. The van der Waals surface area contributed by atoms with Crippen LogP contribution in [0.2, 0.25) is 5.02 Å². The summed E-state index contributed by atoms with van der Waals surface area (Å²) in [4.78, 5) is 0. The standard InChI is InChI=1S/C16H24BClN2O3/c1-15(2)16(3,4)23-17(22-15)11(9-19)6-10-7-14(21-5)13(20)8-12(10)18/h6-8H,9,19-20H2,1-5H3. The van der Waals surface area contributed by atoms with Crippen LogP contribution in [0.25, 0.3) is 6.08 Å². The smallest absolute Gasteiger partial charge is 0.491 e. The molecule has 1 heterocycles. The molecule has 1 aromatic carbocycles. The summed E-state index contributed by atoms with van der Waals surface area (Å²) in [5, 5.41) is 0.519. The van der Waals surface area contributed by atoms with Crippen molar-refractivity contribution >= 4 is 30.5 Å². The van der Waals surface area contributed by atoms with Crippen LogP contribution in [-0.2, 0) is 9.31 Å². The van der Waals surface area contributed by atoms with Crippen molar-refractivity contribution in [2.75, 3.05) is 19.4 Å². The average molecular weight is 339 g/mol. The number of hydrogen-bond donors (Lipinski definition) is 2. The van der Waals surface area contributed by atoms with Crippen LogP contribution < -0.4 is 16.2 Å². The molecule has 0 spiro atoms. The quantitative estimate of drug-likeness (QED) is 0.652. The lowest BCUT2D eigenvalue weighted by Gasteiger charge is -2.32. The lowest BCUT2D eigenvalue weighted by Crippen LogP contribution is -2.41. The van der Waals surface area contributed by atoms with Gasteiger partial charge in [-0.15, -0.1) is 0 Å². The van der Waals surface area contributed by atoms with E-state index in [-0.39, 0.29) is 0 Å². The van der Waals surface area contributed by atoms with Gasteiger partial charge >= 0.3 is 7.12 Å². The molecule has 4 N–H and O–H groups in total. The van der Waals surface area contributed by atoms with E-state index in [1.807, 2.05) is 33.8 Å². The van der Waals surface area contributed by atoms with E-state index in [0.717, 1.165) is 11.0 Å². The summed E-state index contributed by atoms with van der Waals surface area (Å²) in [6.45, 7) is 8.29. The monoisotopic (exact) mass is 338 g/mol. The predicted octanol–water partition coefficient (Wildman–Crippen LogP) is 2.90. The van der Waals surface area contributed by atoms with Gasteiger partial charge in [-0.3, -0.25) is 0 Å². The van der Waals surface area contributed by atoms with Gasteiger partial charge in [0.25, 0.3) is 0 Å². The van der Waals surface area contributed by atoms with Crippen molar-refractivity contribution in [2.24, 2.45) is 5.73 Å². The van der Waals surface area contributed by atoms with E-state index in [0.29, 0.717) is 23.0 Å². The lowest BCUT2D eigenvalue weighted by molar-refractivity contribution is 0.00578. The summed E-state index contributed by atoms with van der Waals surface area (Å²) in [5.74, 6) is 0.561. The third-order valence-corrected chi connectivity index (χ3v) is 4.81. The largest absolute Gasteiger partial charge is 0.495 e. The van der Waals surface area contributed by atoms with Crippen LogP contribution in [0.15, 0.2) is 17.6 Å². The zero-order chi connectivity index (χ0) is 17.4. The maximum absolute atomic E-state index is 6.28. The van der Waals surface area contributed by atoms with Gasteiger partial charge < -0.3 is 25.5 Å². The maximum atomic E-state index is 6.28. The van der Waals surface area contributed by atoms with Crippen LogP contribution in [0.3, 0.4) is 0 Å². The lowest BCUT2D eigenvalue weighted by atomic mass is 9.77. The second-order valence-electron chi connectivity index (χ2n) is 6.63. The predicted molar refractivity (Wildman–Crippen MR) is 95.5 cm³/mol. The fraction of sp³-hybridized carbons (Fsp3) is 0.500. The van der Waals surface area contributed by atoms with E-state index in [4.69, 9.17) is 37.1 Å². The van der Waals surface area contributed by atoms with E-state index in [1.54, 1.807) is 19.2 Å². The first-order valence-corrected chi connectivity index (χ1v) is 7.88. The molecule has 7 heteroatoms. The van der Waals surface area contributed by atoms with Gasteiger partial charge in [-0.2, -0.15) is 0 Å². The van der Waals surface area contributed by atoms with Crippen LogP contribution in [0.5, 0.6) is 5.75 Å². The van der Waals surface area contributed by atoms with Gasteiger partial charge in [0, 0.05) is 6.54 Å². The van der Waals surface area contributed by atoms with E-state index >= 15 is 0 Å². The number of rotatable bonds is 4. The molecule has 0 radical (unpaired) electrons. The van der Waals surface area contributed by atoms with Crippen molar-refractivity contribution in [1.82, 2.24) is 0 Å². The second kappa shape index (κ2) is 6.36. The van der Waals surface area contributed by atoms with E-state index in [2.05, 4.69) is 0 Å². The Labute approximate surface area is 143 Å². The zero-order valence-corrected chi connectivity index (χ0v) is 15.0. The minimum atomic E-state index is -0.510. The van der Waals surface area contributed by atoms with Crippen molar-refractivity contribution in [3.63, 3.8) is 0 Å². The first-order valence-electron chi connectivity index (χ1n) is 7.50.